The highest BCUT2D eigenvalue weighted by Gasteiger charge is 2.33. The molecule has 0 fully saturated rings. The number of alkyl carbamates (subject to hydrolysis) is 1. The lowest BCUT2D eigenvalue weighted by molar-refractivity contribution is -0.122. The average molecular weight is 378 g/mol. The molecule has 0 aliphatic carbocycles. The number of hydrogen-bond acceptors (Lipinski definition) is 4. The highest BCUT2D eigenvalue weighted by Crippen LogP contribution is 2.30. The fraction of sp³-hybridized carbons (Fsp3) is 0.500. The molecule has 0 saturated heterocycles. The van der Waals surface area contributed by atoms with Crippen LogP contribution in [0.3, 0.4) is 0 Å². The van der Waals surface area contributed by atoms with Crippen molar-refractivity contribution in [3.8, 4) is 0 Å². The summed E-state index contributed by atoms with van der Waals surface area (Å²) in [5, 5.41) is 4.70. The van der Waals surface area contributed by atoms with Crippen LogP contribution in [0.1, 0.15) is 26.3 Å². The van der Waals surface area contributed by atoms with Gasteiger partial charge in [0, 0.05) is 12.3 Å². The molecule has 2 amide bonds. The maximum atomic E-state index is 12.4. The predicted molar refractivity (Wildman–Crippen MR) is 90.0 cm³/mol. The Morgan fingerprint density at radius 2 is 1.76 bits per heavy atom. The third-order valence-corrected chi connectivity index (χ3v) is 3.56. The van der Waals surface area contributed by atoms with Gasteiger partial charge in [0.1, 0.15) is 11.6 Å². The summed E-state index contributed by atoms with van der Waals surface area (Å²) in [5.74, 6) is -1.37. The zero-order chi connectivity index (χ0) is 19.1. The zero-order valence-electron chi connectivity index (χ0n) is 14.1. The lowest BCUT2D eigenvalue weighted by atomic mass is 10.2. The fourth-order valence-electron chi connectivity index (χ4n) is 1.72. The number of amides is 2. The molecule has 1 rings (SSSR count). The van der Waals surface area contributed by atoms with Crippen molar-refractivity contribution in [3.63, 3.8) is 0 Å². The molecule has 1 aromatic rings. The van der Waals surface area contributed by atoms with E-state index in [0.717, 1.165) is 5.56 Å². The minimum absolute atomic E-state index is 0.142. The van der Waals surface area contributed by atoms with Crippen molar-refractivity contribution in [3.05, 3.63) is 35.9 Å². The molecule has 9 heteroatoms. The highest BCUT2D eigenvalue weighted by atomic mass is 32.2. The lowest BCUT2D eigenvalue weighted by Gasteiger charge is -2.23. The number of carbonyl (C=O) groups is 2. The summed E-state index contributed by atoms with van der Waals surface area (Å²) in [5.41, 5.74) is -4.55. The highest BCUT2D eigenvalue weighted by molar-refractivity contribution is 8.00. The molecule has 140 valence electrons. The Morgan fingerprint density at radius 3 is 2.28 bits per heavy atom. The molecule has 0 aliphatic heterocycles. The SMILES string of the molecule is CC(C)(C)OC(=O)NC(CSC(F)(F)F)C(=O)NCc1ccccc1. The predicted octanol–water partition coefficient (Wildman–Crippen LogP) is 3.45. The van der Waals surface area contributed by atoms with Crippen LogP contribution in [-0.4, -0.2) is 34.9 Å². The molecule has 0 bridgehead atoms. The van der Waals surface area contributed by atoms with Crippen molar-refractivity contribution in [2.45, 2.75) is 44.5 Å². The Kier molecular flexibility index (Phi) is 7.60. The third kappa shape index (κ3) is 9.85. The molecule has 0 aromatic heterocycles. The van der Waals surface area contributed by atoms with Gasteiger partial charge < -0.3 is 15.4 Å². The van der Waals surface area contributed by atoms with Crippen LogP contribution in [0.25, 0.3) is 0 Å². The second kappa shape index (κ2) is 8.98. The molecule has 0 aliphatic rings. The molecule has 1 atom stereocenters. The Bertz CT molecular complexity index is 574. The van der Waals surface area contributed by atoms with E-state index in [1.807, 2.05) is 0 Å². The van der Waals surface area contributed by atoms with Crippen LogP contribution in [0.15, 0.2) is 30.3 Å². The van der Waals surface area contributed by atoms with Crippen LogP contribution in [0.4, 0.5) is 18.0 Å². The van der Waals surface area contributed by atoms with Gasteiger partial charge in [-0.3, -0.25) is 4.79 Å². The van der Waals surface area contributed by atoms with E-state index in [-0.39, 0.29) is 18.3 Å². The maximum Gasteiger partial charge on any atom is 0.441 e. The summed E-state index contributed by atoms with van der Waals surface area (Å²) < 4.78 is 42.3. The van der Waals surface area contributed by atoms with E-state index in [0.29, 0.717) is 0 Å². The average Bonchev–Trinajstić information content (AvgIpc) is 2.47. The number of carbonyl (C=O) groups excluding carboxylic acids is 2. The summed E-state index contributed by atoms with van der Waals surface area (Å²) in [6.07, 6.45) is -0.949. The van der Waals surface area contributed by atoms with E-state index >= 15 is 0 Å². The van der Waals surface area contributed by atoms with Crippen molar-refractivity contribution in [2.75, 3.05) is 5.75 Å². The molecule has 0 spiro atoms. The molecule has 0 radical (unpaired) electrons. The first-order chi connectivity index (χ1) is 11.5. The normalized spacial score (nSPS) is 13.0. The number of thioether (sulfide) groups is 1. The quantitative estimate of drug-likeness (QED) is 0.796. The number of nitrogens with one attached hydrogen (secondary N) is 2. The Balaban J connectivity index is 2.68. The fourth-order valence-corrected chi connectivity index (χ4v) is 2.31. The minimum Gasteiger partial charge on any atom is -0.444 e. The molecular weight excluding hydrogens is 357 g/mol. The molecular formula is C16H21F3N2O3S. The van der Waals surface area contributed by atoms with Crippen molar-refractivity contribution in [2.24, 2.45) is 0 Å². The molecule has 25 heavy (non-hydrogen) atoms. The van der Waals surface area contributed by atoms with E-state index < -0.39 is 34.9 Å². The van der Waals surface area contributed by atoms with E-state index in [1.54, 1.807) is 51.1 Å². The van der Waals surface area contributed by atoms with Crippen LogP contribution < -0.4 is 10.6 Å². The number of ether oxygens (including phenoxy) is 1. The third-order valence-electron chi connectivity index (χ3n) is 2.73. The van der Waals surface area contributed by atoms with Gasteiger partial charge in [0.15, 0.2) is 0 Å². The maximum absolute atomic E-state index is 12.4. The summed E-state index contributed by atoms with van der Waals surface area (Å²) in [6.45, 7) is 4.98. The Hall–Kier alpha value is -1.90. The van der Waals surface area contributed by atoms with Gasteiger partial charge in [0.25, 0.3) is 0 Å². The van der Waals surface area contributed by atoms with Gasteiger partial charge >= 0.3 is 11.6 Å². The number of alkyl halides is 3. The van der Waals surface area contributed by atoms with E-state index in [1.165, 1.54) is 0 Å². The van der Waals surface area contributed by atoms with E-state index in [2.05, 4.69) is 10.6 Å². The van der Waals surface area contributed by atoms with Crippen molar-refractivity contribution in [1.82, 2.24) is 10.6 Å². The standard InChI is InChI=1S/C16H21F3N2O3S/c1-15(2,3)24-14(23)21-12(10-25-16(17,18)19)13(22)20-9-11-7-5-4-6-8-11/h4-8,12H,9-10H2,1-3H3,(H,20,22)(H,21,23). The number of rotatable bonds is 6. The van der Waals surface area contributed by atoms with Gasteiger partial charge in [-0.25, -0.2) is 4.79 Å². The van der Waals surface area contributed by atoms with Gasteiger partial charge in [-0.2, -0.15) is 13.2 Å². The molecule has 1 aromatic carbocycles. The van der Waals surface area contributed by atoms with Crippen molar-refractivity contribution in [1.29, 1.82) is 0 Å². The van der Waals surface area contributed by atoms with Gasteiger partial charge in [0.2, 0.25) is 5.91 Å². The first-order valence-corrected chi connectivity index (χ1v) is 8.47. The van der Waals surface area contributed by atoms with Crippen LogP contribution in [0.2, 0.25) is 0 Å². The summed E-state index contributed by atoms with van der Waals surface area (Å²) >= 11 is -0.379. The topological polar surface area (TPSA) is 67.4 Å². The molecule has 1 unspecified atom stereocenters. The first kappa shape index (κ1) is 21.1. The Morgan fingerprint density at radius 1 is 1.16 bits per heavy atom. The number of benzene rings is 1. The second-order valence-corrected chi connectivity index (χ2v) is 7.24. The number of hydrogen-bond donors (Lipinski definition) is 2. The zero-order valence-corrected chi connectivity index (χ0v) is 15.0. The summed E-state index contributed by atoms with van der Waals surface area (Å²) in [4.78, 5) is 23.9. The summed E-state index contributed by atoms with van der Waals surface area (Å²) in [7, 11) is 0. The van der Waals surface area contributed by atoms with Crippen LogP contribution in [-0.2, 0) is 16.1 Å². The minimum atomic E-state index is -4.51. The summed E-state index contributed by atoms with van der Waals surface area (Å²) in [6, 6.07) is 7.51. The molecule has 0 heterocycles. The number of halogens is 3. The van der Waals surface area contributed by atoms with Gasteiger partial charge in [0.05, 0.1) is 0 Å². The van der Waals surface area contributed by atoms with Crippen LogP contribution >= 0.6 is 11.8 Å². The monoisotopic (exact) mass is 378 g/mol. The molecule has 0 saturated carbocycles. The van der Waals surface area contributed by atoms with Gasteiger partial charge in [-0.05, 0) is 38.1 Å². The molecule has 2 N–H and O–H groups in total. The first-order valence-electron chi connectivity index (χ1n) is 7.48. The van der Waals surface area contributed by atoms with E-state index in [9.17, 15) is 22.8 Å². The smallest absolute Gasteiger partial charge is 0.441 e. The second-order valence-electron chi connectivity index (χ2n) is 6.16. The lowest BCUT2D eigenvalue weighted by Crippen LogP contribution is -2.49. The van der Waals surface area contributed by atoms with Crippen LogP contribution in [0, 0.1) is 0 Å². The van der Waals surface area contributed by atoms with Crippen molar-refractivity contribution < 1.29 is 27.5 Å². The van der Waals surface area contributed by atoms with Gasteiger partial charge in [-0.15, -0.1) is 0 Å². The van der Waals surface area contributed by atoms with Crippen molar-refractivity contribution >= 4 is 23.8 Å². The largest absolute Gasteiger partial charge is 0.444 e. The van der Waals surface area contributed by atoms with Gasteiger partial charge in [-0.1, -0.05) is 30.3 Å². The Labute approximate surface area is 148 Å². The molecule has 5 nitrogen and oxygen atoms in total. The van der Waals surface area contributed by atoms with E-state index in [4.69, 9.17) is 4.74 Å². The van der Waals surface area contributed by atoms with Crippen LogP contribution in [0.5, 0.6) is 0 Å².